The molecule has 0 N–H and O–H groups in total. The van der Waals surface area contributed by atoms with Crippen molar-refractivity contribution in [2.45, 2.75) is 44.6 Å². The summed E-state index contributed by atoms with van der Waals surface area (Å²) >= 11 is 6.16. The van der Waals surface area contributed by atoms with Gasteiger partial charge in [-0.15, -0.1) is 10.2 Å². The van der Waals surface area contributed by atoms with E-state index in [-0.39, 0.29) is 11.8 Å². The lowest BCUT2D eigenvalue weighted by molar-refractivity contribution is -0.179. The van der Waals surface area contributed by atoms with Crippen molar-refractivity contribution in [3.8, 4) is 11.4 Å². The average Bonchev–Trinajstić information content (AvgIpc) is 3.85. The lowest BCUT2D eigenvalue weighted by Gasteiger charge is -2.37. The molecule has 2 aromatic heterocycles. The second-order valence-corrected chi connectivity index (χ2v) is 12.9. The van der Waals surface area contributed by atoms with E-state index < -0.39 is 5.79 Å². The van der Waals surface area contributed by atoms with Gasteiger partial charge in [-0.1, -0.05) is 37.1 Å². The van der Waals surface area contributed by atoms with E-state index in [0.29, 0.717) is 31.2 Å². The smallest absolute Gasteiger partial charge is 0.350 e. The number of rotatable bonds is 12. The minimum atomic E-state index is -1.01. The van der Waals surface area contributed by atoms with Crippen LogP contribution in [0.4, 0.5) is 11.4 Å². The first-order valence-corrected chi connectivity index (χ1v) is 17.2. The molecule has 49 heavy (non-hydrogen) atoms. The van der Waals surface area contributed by atoms with E-state index in [9.17, 15) is 4.79 Å². The second-order valence-electron chi connectivity index (χ2n) is 12.5. The molecule has 0 saturated carbocycles. The molecule has 12 nitrogen and oxygen atoms in total. The topological polar surface area (TPSA) is 105 Å². The molecule has 256 valence electrons. The summed E-state index contributed by atoms with van der Waals surface area (Å²) in [6.45, 7) is 7.12. The summed E-state index contributed by atoms with van der Waals surface area (Å²) in [6.07, 6.45) is 5.42. The van der Waals surface area contributed by atoms with Crippen molar-refractivity contribution in [3.05, 3.63) is 112 Å². The third-order valence-corrected chi connectivity index (χ3v) is 9.45. The monoisotopic (exact) mass is 684 g/mol. The van der Waals surface area contributed by atoms with Crippen LogP contribution in [-0.2, 0) is 35.3 Å². The molecular weight excluding hydrogens is 644 g/mol. The summed E-state index contributed by atoms with van der Waals surface area (Å²) in [5, 5.41) is 13.2. The second kappa shape index (κ2) is 14.5. The molecule has 2 aliphatic rings. The molecule has 2 aliphatic heterocycles. The van der Waals surface area contributed by atoms with Gasteiger partial charge in [-0.3, -0.25) is 4.57 Å². The summed E-state index contributed by atoms with van der Waals surface area (Å²) in [5.41, 5.74) is 3.84. The van der Waals surface area contributed by atoms with Crippen LogP contribution in [0.25, 0.3) is 5.69 Å². The van der Waals surface area contributed by atoms with E-state index in [0.717, 1.165) is 73.2 Å². The molecule has 0 radical (unpaired) electrons. The van der Waals surface area contributed by atoms with E-state index in [2.05, 4.69) is 56.3 Å². The van der Waals surface area contributed by atoms with Gasteiger partial charge >= 0.3 is 5.69 Å². The van der Waals surface area contributed by atoms with E-state index in [1.165, 1.54) is 4.68 Å². The predicted octanol–water partition coefficient (Wildman–Crippen LogP) is 4.83. The normalized spacial score (nSPS) is 19.4. The van der Waals surface area contributed by atoms with Gasteiger partial charge in [0.15, 0.2) is 0 Å². The molecule has 0 bridgehead atoms. The molecule has 13 heteroatoms. The van der Waals surface area contributed by atoms with E-state index in [1.54, 1.807) is 17.2 Å². The van der Waals surface area contributed by atoms with Gasteiger partial charge in [0.25, 0.3) is 0 Å². The average molecular weight is 685 g/mol. The van der Waals surface area contributed by atoms with Crippen molar-refractivity contribution in [1.82, 2.24) is 29.1 Å². The third-order valence-electron chi connectivity index (χ3n) is 9.20. The maximum absolute atomic E-state index is 12.7. The van der Waals surface area contributed by atoms with Crippen molar-refractivity contribution in [3.63, 3.8) is 0 Å². The molecule has 3 aromatic carbocycles. The molecule has 2 atom stereocenters. The third kappa shape index (κ3) is 7.22. The van der Waals surface area contributed by atoms with Crippen LogP contribution >= 0.6 is 11.6 Å². The highest BCUT2D eigenvalue weighted by Crippen LogP contribution is 2.38. The summed E-state index contributed by atoms with van der Waals surface area (Å²) < 4.78 is 24.0. The van der Waals surface area contributed by atoms with Crippen LogP contribution in [0.15, 0.2) is 90.2 Å². The molecule has 2 saturated heterocycles. The van der Waals surface area contributed by atoms with E-state index >= 15 is 0 Å². The Morgan fingerprint density at radius 1 is 0.898 bits per heavy atom. The van der Waals surface area contributed by atoms with E-state index in [4.69, 9.17) is 25.8 Å². The van der Waals surface area contributed by atoms with Crippen LogP contribution in [0.1, 0.15) is 31.2 Å². The maximum atomic E-state index is 12.7. The van der Waals surface area contributed by atoms with Crippen LogP contribution in [0, 0.1) is 0 Å². The number of aromatic nitrogens is 6. The number of halogens is 1. The van der Waals surface area contributed by atoms with Gasteiger partial charge in [-0.2, -0.15) is 9.78 Å². The molecule has 2 fully saturated rings. The minimum absolute atomic E-state index is 0.0992. The Labute approximate surface area is 290 Å². The van der Waals surface area contributed by atoms with Gasteiger partial charge in [0.1, 0.15) is 36.9 Å². The zero-order valence-corrected chi connectivity index (χ0v) is 28.6. The minimum Gasteiger partial charge on any atom is -0.491 e. The Morgan fingerprint density at radius 2 is 1.55 bits per heavy atom. The SMILES string of the molecule is CCCCn1cnn(-c2ccc(N3CCN(c4ccc(OCC5COC(Cc6nncn6C)(c6ccc(Cl)cc6)O5)cc4)CC3)cc2)c1=O. The van der Waals surface area contributed by atoms with Crippen LogP contribution in [-0.4, -0.2) is 74.6 Å². The quantitative estimate of drug-likeness (QED) is 0.183. The number of hydrogen-bond acceptors (Lipinski definition) is 9. The van der Waals surface area contributed by atoms with Crippen molar-refractivity contribution in [2.24, 2.45) is 7.05 Å². The Morgan fingerprint density at radius 3 is 2.18 bits per heavy atom. The lowest BCUT2D eigenvalue weighted by atomic mass is 10.0. The summed E-state index contributed by atoms with van der Waals surface area (Å²) in [4.78, 5) is 17.5. The van der Waals surface area contributed by atoms with Crippen LogP contribution in [0.2, 0.25) is 5.02 Å². The van der Waals surface area contributed by atoms with Crippen LogP contribution in [0.3, 0.4) is 0 Å². The molecule has 5 aromatic rings. The van der Waals surface area contributed by atoms with Gasteiger partial charge in [-0.25, -0.2) is 4.79 Å². The van der Waals surface area contributed by atoms with Gasteiger partial charge in [0.05, 0.1) is 18.7 Å². The number of hydrogen-bond donors (Lipinski definition) is 0. The fraction of sp³-hybridized carbons (Fsp3) is 0.389. The number of ether oxygens (including phenoxy) is 3. The number of benzene rings is 3. The van der Waals surface area contributed by atoms with Gasteiger partial charge in [-0.05, 0) is 67.1 Å². The standard InChI is InChI=1S/C36H41ClN8O4/c1-3-4-17-44-26-39-45(35(44)46)31-11-9-29(10-12-31)42-18-20-43(21-19-42)30-13-15-32(16-14-30)47-23-33-24-48-36(49-33,22-34-40-38-25-41(34)2)27-5-7-28(37)8-6-27/h5-16,25-26,33H,3-4,17-24H2,1-2H3. The lowest BCUT2D eigenvalue weighted by Crippen LogP contribution is -2.46. The number of anilines is 2. The van der Waals surface area contributed by atoms with Crippen molar-refractivity contribution in [1.29, 1.82) is 0 Å². The molecule has 0 amide bonds. The number of aryl methyl sites for hydroxylation is 2. The number of nitrogens with zero attached hydrogens (tertiary/aromatic N) is 8. The summed E-state index contributed by atoms with van der Waals surface area (Å²) in [7, 11) is 1.90. The Kier molecular flexibility index (Phi) is 9.70. The first kappa shape index (κ1) is 32.9. The predicted molar refractivity (Wildman–Crippen MR) is 188 cm³/mol. The van der Waals surface area contributed by atoms with Crippen molar-refractivity contribution >= 4 is 23.0 Å². The molecule has 7 rings (SSSR count). The van der Waals surface area contributed by atoms with Gasteiger partial charge in [0.2, 0.25) is 5.79 Å². The fourth-order valence-electron chi connectivity index (χ4n) is 6.34. The maximum Gasteiger partial charge on any atom is 0.350 e. The Bertz CT molecular complexity index is 1880. The summed E-state index contributed by atoms with van der Waals surface area (Å²) in [5.74, 6) is 0.522. The van der Waals surface area contributed by atoms with Crippen molar-refractivity contribution in [2.75, 3.05) is 49.2 Å². The van der Waals surface area contributed by atoms with Crippen LogP contribution in [0.5, 0.6) is 5.75 Å². The zero-order chi connectivity index (χ0) is 33.8. The van der Waals surface area contributed by atoms with E-state index in [1.807, 2.05) is 60.1 Å². The molecule has 0 spiro atoms. The molecule has 0 aliphatic carbocycles. The highest BCUT2D eigenvalue weighted by Gasteiger charge is 2.44. The Balaban J connectivity index is 0.916. The fourth-order valence-corrected chi connectivity index (χ4v) is 6.46. The van der Waals surface area contributed by atoms with Crippen LogP contribution < -0.4 is 20.2 Å². The zero-order valence-electron chi connectivity index (χ0n) is 27.8. The summed E-state index contributed by atoms with van der Waals surface area (Å²) in [6, 6.07) is 23.8. The highest BCUT2D eigenvalue weighted by molar-refractivity contribution is 6.30. The molecule has 4 heterocycles. The Hall–Kier alpha value is -4.65. The highest BCUT2D eigenvalue weighted by atomic mass is 35.5. The molecular formula is C36H41ClN8O4. The first-order chi connectivity index (χ1) is 23.9. The molecule has 2 unspecified atom stereocenters. The van der Waals surface area contributed by atoms with Gasteiger partial charge in [0, 0.05) is 61.7 Å². The van der Waals surface area contributed by atoms with Gasteiger partial charge < -0.3 is 28.6 Å². The number of unbranched alkanes of at least 4 members (excludes halogenated alkanes) is 1. The first-order valence-electron chi connectivity index (χ1n) is 16.8. The van der Waals surface area contributed by atoms with Crippen molar-refractivity contribution < 1.29 is 14.2 Å². The largest absolute Gasteiger partial charge is 0.491 e. The number of piperazine rings is 1.